The van der Waals surface area contributed by atoms with E-state index in [2.05, 4.69) is 4.72 Å². The Morgan fingerprint density at radius 1 is 1.37 bits per heavy atom. The predicted molar refractivity (Wildman–Crippen MR) is 77.6 cm³/mol. The lowest BCUT2D eigenvalue weighted by Gasteiger charge is -2.09. The maximum atomic E-state index is 11.6. The molecule has 0 aliphatic rings. The van der Waals surface area contributed by atoms with Gasteiger partial charge in [0, 0.05) is 6.54 Å². The molecule has 106 valence electrons. The van der Waals surface area contributed by atoms with Gasteiger partial charge >= 0.3 is 0 Å². The number of hydrogen-bond donors (Lipinski definition) is 2. The molecule has 0 unspecified atom stereocenters. The largest absolute Gasteiger partial charge is 0.490 e. The van der Waals surface area contributed by atoms with E-state index in [-0.39, 0.29) is 12.4 Å². The highest BCUT2D eigenvalue weighted by Gasteiger charge is 2.09. The third-order valence-corrected chi connectivity index (χ3v) is 3.75. The van der Waals surface area contributed by atoms with Gasteiger partial charge in [-0.15, -0.1) is 0 Å². The lowest BCUT2D eigenvalue weighted by molar-refractivity contribution is 0.342. The Labute approximate surface area is 114 Å². The summed E-state index contributed by atoms with van der Waals surface area (Å²) >= 11 is 0. The molecule has 1 aromatic rings. The molecular formula is C13H20N2O3S. The van der Waals surface area contributed by atoms with E-state index in [4.69, 9.17) is 10.5 Å². The minimum absolute atomic E-state index is 0.0766. The van der Waals surface area contributed by atoms with Crippen LogP contribution in [0.2, 0.25) is 0 Å². The average molecular weight is 284 g/mol. The number of para-hydroxylation sites is 2. The van der Waals surface area contributed by atoms with Gasteiger partial charge in [0.1, 0.15) is 12.4 Å². The highest BCUT2D eigenvalue weighted by atomic mass is 32.2. The van der Waals surface area contributed by atoms with Crippen LogP contribution >= 0.6 is 0 Å². The number of allylic oxidation sites excluding steroid dienone is 1. The number of rotatable bonds is 8. The molecule has 5 nitrogen and oxygen atoms in total. The molecule has 3 N–H and O–H groups in total. The normalized spacial score (nSPS) is 11.8. The molecule has 0 heterocycles. The Bertz CT molecular complexity index is 512. The number of hydrogen-bond acceptors (Lipinski definition) is 4. The van der Waals surface area contributed by atoms with Crippen LogP contribution in [0.25, 0.3) is 0 Å². The van der Waals surface area contributed by atoms with Crippen LogP contribution in [-0.2, 0) is 10.0 Å². The zero-order valence-electron chi connectivity index (χ0n) is 11.0. The average Bonchev–Trinajstić information content (AvgIpc) is 2.37. The molecule has 0 aliphatic heterocycles. The van der Waals surface area contributed by atoms with E-state index in [0.29, 0.717) is 24.4 Å². The Balaban J connectivity index is 2.33. The van der Waals surface area contributed by atoms with Gasteiger partial charge < -0.3 is 10.5 Å². The highest BCUT2D eigenvalue weighted by Crippen LogP contribution is 2.19. The smallest absolute Gasteiger partial charge is 0.214 e. The van der Waals surface area contributed by atoms with Crippen molar-refractivity contribution in [3.8, 4) is 5.75 Å². The van der Waals surface area contributed by atoms with Gasteiger partial charge in [-0.2, -0.15) is 0 Å². The van der Waals surface area contributed by atoms with E-state index in [1.165, 1.54) is 0 Å². The molecule has 0 bridgehead atoms. The van der Waals surface area contributed by atoms with Gasteiger partial charge in [-0.25, -0.2) is 13.1 Å². The summed E-state index contributed by atoms with van der Waals surface area (Å²) in [4.78, 5) is 0. The molecule has 1 rings (SSSR count). The van der Waals surface area contributed by atoms with Gasteiger partial charge in [0.25, 0.3) is 0 Å². The fraction of sp³-hybridized carbons (Fsp3) is 0.385. The summed E-state index contributed by atoms with van der Waals surface area (Å²) in [5.41, 5.74) is 6.19. The first-order valence-electron chi connectivity index (χ1n) is 6.11. The van der Waals surface area contributed by atoms with Crippen molar-refractivity contribution in [1.82, 2.24) is 4.72 Å². The molecule has 0 spiro atoms. The number of nitrogen functional groups attached to an aromatic ring is 1. The first-order valence-corrected chi connectivity index (χ1v) is 7.76. The molecule has 0 fully saturated rings. The van der Waals surface area contributed by atoms with E-state index >= 15 is 0 Å². The first kappa shape index (κ1) is 15.5. The molecule has 0 saturated heterocycles. The third-order valence-electron chi connectivity index (χ3n) is 2.40. The van der Waals surface area contributed by atoms with E-state index in [1.807, 2.05) is 19.1 Å². The van der Waals surface area contributed by atoms with Crippen LogP contribution in [0.3, 0.4) is 0 Å². The SMILES string of the molecule is C/C=C/CCNS(=O)(=O)CCOc1ccccc1N. The van der Waals surface area contributed by atoms with Gasteiger partial charge in [-0.05, 0) is 25.5 Å². The van der Waals surface area contributed by atoms with Crippen LogP contribution in [0, 0.1) is 0 Å². The van der Waals surface area contributed by atoms with Crippen molar-refractivity contribution in [2.45, 2.75) is 13.3 Å². The number of nitrogens with two attached hydrogens (primary N) is 1. The second-order valence-corrected chi connectivity index (χ2v) is 5.88. The second kappa shape index (κ2) is 7.81. The predicted octanol–water partition coefficient (Wildman–Crippen LogP) is 1.53. The Morgan fingerprint density at radius 2 is 2.11 bits per heavy atom. The second-order valence-electron chi connectivity index (χ2n) is 3.96. The lowest BCUT2D eigenvalue weighted by Crippen LogP contribution is -2.29. The van der Waals surface area contributed by atoms with Crippen molar-refractivity contribution in [3.63, 3.8) is 0 Å². The summed E-state index contributed by atoms with van der Waals surface area (Å²) in [6, 6.07) is 7.00. The fourth-order valence-electron chi connectivity index (χ4n) is 1.41. The maximum absolute atomic E-state index is 11.6. The summed E-state index contributed by atoms with van der Waals surface area (Å²) in [5.74, 6) is 0.420. The summed E-state index contributed by atoms with van der Waals surface area (Å²) < 4.78 is 31.1. The molecule has 0 amide bonds. The number of ether oxygens (including phenoxy) is 1. The standard InChI is InChI=1S/C13H20N2O3S/c1-2-3-6-9-15-19(16,17)11-10-18-13-8-5-4-7-12(13)14/h2-5,7-8,15H,6,9-11,14H2,1H3/b3-2+. The van der Waals surface area contributed by atoms with Gasteiger partial charge in [0.15, 0.2) is 0 Å². The molecule has 0 aromatic heterocycles. The first-order chi connectivity index (χ1) is 9.05. The Hall–Kier alpha value is -1.53. The van der Waals surface area contributed by atoms with Crippen LogP contribution in [0.1, 0.15) is 13.3 Å². The number of sulfonamides is 1. The van der Waals surface area contributed by atoms with Crippen LogP contribution in [-0.4, -0.2) is 27.3 Å². The third kappa shape index (κ3) is 6.26. The zero-order chi connectivity index (χ0) is 14.1. The van der Waals surface area contributed by atoms with E-state index in [9.17, 15) is 8.42 Å². The Morgan fingerprint density at radius 3 is 2.79 bits per heavy atom. The summed E-state index contributed by atoms with van der Waals surface area (Å²) in [7, 11) is -3.29. The van der Waals surface area contributed by atoms with Crippen molar-refractivity contribution >= 4 is 15.7 Å². The number of nitrogens with one attached hydrogen (secondary N) is 1. The molecule has 0 radical (unpaired) electrons. The summed E-state index contributed by atoms with van der Waals surface area (Å²) in [6.07, 6.45) is 4.47. The molecular weight excluding hydrogens is 264 g/mol. The van der Waals surface area contributed by atoms with Gasteiger partial charge in [-0.3, -0.25) is 0 Å². The van der Waals surface area contributed by atoms with Crippen molar-refractivity contribution < 1.29 is 13.2 Å². The molecule has 0 atom stereocenters. The van der Waals surface area contributed by atoms with Crippen LogP contribution < -0.4 is 15.2 Å². The van der Waals surface area contributed by atoms with Crippen molar-refractivity contribution in [3.05, 3.63) is 36.4 Å². The Kier molecular flexibility index (Phi) is 6.38. The number of benzene rings is 1. The van der Waals surface area contributed by atoms with Crippen molar-refractivity contribution in [1.29, 1.82) is 0 Å². The molecule has 1 aromatic carbocycles. The highest BCUT2D eigenvalue weighted by molar-refractivity contribution is 7.89. The van der Waals surface area contributed by atoms with Gasteiger partial charge in [-0.1, -0.05) is 24.3 Å². The fourth-order valence-corrected chi connectivity index (χ4v) is 2.29. The van der Waals surface area contributed by atoms with E-state index in [0.717, 1.165) is 0 Å². The summed E-state index contributed by atoms with van der Waals surface area (Å²) in [6.45, 7) is 2.37. The van der Waals surface area contributed by atoms with Gasteiger partial charge in [0.2, 0.25) is 10.0 Å². The minimum Gasteiger partial charge on any atom is -0.490 e. The van der Waals surface area contributed by atoms with Gasteiger partial charge in [0.05, 0.1) is 11.4 Å². The molecule has 6 heteroatoms. The van der Waals surface area contributed by atoms with Crippen molar-refractivity contribution in [2.24, 2.45) is 0 Å². The lowest BCUT2D eigenvalue weighted by atomic mass is 10.3. The topological polar surface area (TPSA) is 81.4 Å². The summed E-state index contributed by atoms with van der Waals surface area (Å²) in [5, 5.41) is 0. The van der Waals surface area contributed by atoms with Crippen LogP contribution in [0.4, 0.5) is 5.69 Å². The molecule has 0 saturated carbocycles. The van der Waals surface area contributed by atoms with Crippen molar-refractivity contribution in [2.75, 3.05) is 24.6 Å². The quantitative estimate of drug-likeness (QED) is 0.431. The monoisotopic (exact) mass is 284 g/mol. The van der Waals surface area contributed by atoms with Crippen LogP contribution in [0.15, 0.2) is 36.4 Å². The van der Waals surface area contributed by atoms with E-state index in [1.54, 1.807) is 24.3 Å². The maximum Gasteiger partial charge on any atom is 0.214 e. The van der Waals surface area contributed by atoms with Crippen LogP contribution in [0.5, 0.6) is 5.75 Å². The minimum atomic E-state index is -3.29. The molecule has 0 aliphatic carbocycles. The zero-order valence-corrected chi connectivity index (χ0v) is 11.8. The number of anilines is 1. The molecule has 19 heavy (non-hydrogen) atoms. The van der Waals surface area contributed by atoms with E-state index < -0.39 is 10.0 Å².